The third-order valence-electron chi connectivity index (χ3n) is 4.99. The summed E-state index contributed by atoms with van der Waals surface area (Å²) in [7, 11) is 4.44. The van der Waals surface area contributed by atoms with Gasteiger partial charge in [-0.05, 0) is 35.9 Å². The first kappa shape index (κ1) is 22.9. The van der Waals surface area contributed by atoms with Gasteiger partial charge in [0.05, 0.1) is 42.5 Å². The second-order valence-corrected chi connectivity index (χ2v) is 7.54. The molecule has 1 N–H and O–H groups in total. The van der Waals surface area contributed by atoms with Gasteiger partial charge in [-0.25, -0.2) is 0 Å². The van der Waals surface area contributed by atoms with Crippen LogP contribution in [0.3, 0.4) is 0 Å². The lowest BCUT2D eigenvalue weighted by atomic mass is 9.95. The summed E-state index contributed by atoms with van der Waals surface area (Å²) in [6.07, 6.45) is 0. The molecule has 0 aromatic heterocycles. The van der Waals surface area contributed by atoms with E-state index in [1.165, 1.54) is 32.3 Å². The van der Waals surface area contributed by atoms with Crippen LogP contribution in [0.5, 0.6) is 11.5 Å². The highest BCUT2D eigenvalue weighted by atomic mass is 35.5. The Bertz CT molecular complexity index is 1050. The largest absolute Gasteiger partial charge is 0.507 e. The fourth-order valence-electron chi connectivity index (χ4n) is 3.47. The lowest BCUT2D eigenvalue weighted by Crippen LogP contribution is -2.32. The number of ketones is 1. The number of amides is 1. The van der Waals surface area contributed by atoms with Crippen LogP contribution in [0, 0.1) is 0 Å². The molecule has 1 fully saturated rings. The van der Waals surface area contributed by atoms with Gasteiger partial charge in [-0.3, -0.25) is 9.59 Å². The number of likely N-dealkylation sites (tertiary alicyclic amines) is 1. The average molecular weight is 466 g/mol. The van der Waals surface area contributed by atoms with Crippen molar-refractivity contribution in [1.82, 2.24) is 4.90 Å². The van der Waals surface area contributed by atoms with E-state index in [0.717, 1.165) is 0 Å². The van der Waals surface area contributed by atoms with Gasteiger partial charge in [0.1, 0.15) is 5.76 Å². The monoisotopic (exact) mass is 465 g/mol. The van der Waals surface area contributed by atoms with E-state index in [9.17, 15) is 14.7 Å². The lowest BCUT2D eigenvalue weighted by Gasteiger charge is -2.25. The van der Waals surface area contributed by atoms with E-state index in [0.29, 0.717) is 27.6 Å². The Kier molecular flexibility index (Phi) is 7.10. The smallest absolute Gasteiger partial charge is 0.295 e. The summed E-state index contributed by atoms with van der Waals surface area (Å²) in [5, 5.41) is 11.7. The van der Waals surface area contributed by atoms with E-state index >= 15 is 0 Å². The summed E-state index contributed by atoms with van der Waals surface area (Å²) in [5.74, 6) is -1.06. The fraction of sp³-hybridized carbons (Fsp3) is 0.273. The van der Waals surface area contributed by atoms with Crippen LogP contribution in [-0.2, 0) is 14.3 Å². The molecule has 1 atom stereocenters. The number of methoxy groups -OCH3 is 3. The van der Waals surface area contributed by atoms with Gasteiger partial charge >= 0.3 is 0 Å². The van der Waals surface area contributed by atoms with Crippen LogP contribution in [0.15, 0.2) is 42.0 Å². The third-order valence-corrected chi connectivity index (χ3v) is 5.73. The predicted molar refractivity (Wildman–Crippen MR) is 117 cm³/mol. The molecule has 2 aromatic carbocycles. The molecule has 1 amide bonds. The maximum atomic E-state index is 12.9. The highest BCUT2D eigenvalue weighted by Gasteiger charge is 2.46. The molecule has 1 saturated heterocycles. The number of Topliss-reactive ketones (excluding diaryl/α,β-unsaturated/α-hetero) is 1. The molecule has 1 unspecified atom stereocenters. The minimum atomic E-state index is -0.863. The average Bonchev–Trinajstić information content (AvgIpc) is 3.03. The number of carbonyl (C=O) groups is 2. The molecule has 9 heteroatoms. The minimum Gasteiger partial charge on any atom is -0.507 e. The molecule has 0 aliphatic carbocycles. The van der Waals surface area contributed by atoms with Crippen LogP contribution < -0.4 is 9.47 Å². The molecular formula is C22H21Cl2NO6. The minimum absolute atomic E-state index is 0.0632. The quantitative estimate of drug-likeness (QED) is 0.376. The molecule has 0 saturated carbocycles. The maximum absolute atomic E-state index is 12.9. The van der Waals surface area contributed by atoms with Crippen LogP contribution in [-0.4, -0.2) is 56.2 Å². The summed E-state index contributed by atoms with van der Waals surface area (Å²) in [4.78, 5) is 27.1. The highest BCUT2D eigenvalue weighted by molar-refractivity contribution is 6.46. The molecular weight excluding hydrogens is 445 g/mol. The standard InChI is InChI=1S/C22H21Cl2NO6/c1-29-9-8-25-19(12-4-6-14(23)15(24)10-12)18(21(27)22(25)28)20(26)13-5-7-16(30-2)17(11-13)31-3/h4-7,10-11,19,26H,8-9H2,1-3H3/b20-18-. The van der Waals surface area contributed by atoms with Crippen molar-refractivity contribution in [2.24, 2.45) is 0 Å². The number of aliphatic hydroxyl groups excluding tert-OH is 1. The number of nitrogens with zero attached hydrogens (tertiary/aromatic N) is 1. The zero-order valence-corrected chi connectivity index (χ0v) is 18.7. The Morgan fingerprint density at radius 3 is 2.32 bits per heavy atom. The predicted octanol–water partition coefficient (Wildman–Crippen LogP) is 4.08. The van der Waals surface area contributed by atoms with Crippen LogP contribution in [0.1, 0.15) is 17.2 Å². The molecule has 7 nitrogen and oxygen atoms in total. The Morgan fingerprint density at radius 1 is 1.00 bits per heavy atom. The van der Waals surface area contributed by atoms with Crippen LogP contribution in [0.25, 0.3) is 5.76 Å². The molecule has 0 spiro atoms. The summed E-state index contributed by atoms with van der Waals surface area (Å²) in [5.41, 5.74) is 0.769. The number of hydrogen-bond acceptors (Lipinski definition) is 6. The Hall–Kier alpha value is -2.74. The SMILES string of the molecule is COCCN1C(=O)C(=O)/C(=C(\O)c2ccc(OC)c(OC)c2)C1c1ccc(Cl)c(Cl)c1. The number of benzene rings is 2. The first-order chi connectivity index (χ1) is 14.8. The molecule has 0 radical (unpaired) electrons. The van der Waals surface area contributed by atoms with Gasteiger partial charge in [0, 0.05) is 19.2 Å². The van der Waals surface area contributed by atoms with Crippen molar-refractivity contribution in [2.45, 2.75) is 6.04 Å². The zero-order valence-electron chi connectivity index (χ0n) is 17.1. The van der Waals surface area contributed by atoms with E-state index in [2.05, 4.69) is 0 Å². The first-order valence-corrected chi connectivity index (χ1v) is 10.0. The van der Waals surface area contributed by atoms with Crippen molar-refractivity contribution in [3.05, 3.63) is 63.1 Å². The number of aliphatic hydroxyl groups is 1. The van der Waals surface area contributed by atoms with Gasteiger partial charge in [-0.2, -0.15) is 0 Å². The molecule has 0 bridgehead atoms. The van der Waals surface area contributed by atoms with E-state index in [4.69, 9.17) is 37.4 Å². The topological polar surface area (TPSA) is 85.3 Å². The van der Waals surface area contributed by atoms with E-state index < -0.39 is 17.7 Å². The second kappa shape index (κ2) is 9.60. The molecule has 164 valence electrons. The summed E-state index contributed by atoms with van der Waals surface area (Å²) in [6, 6.07) is 8.65. The van der Waals surface area contributed by atoms with Crippen molar-refractivity contribution < 1.29 is 28.9 Å². The number of carbonyl (C=O) groups excluding carboxylic acids is 2. The summed E-state index contributed by atoms with van der Waals surface area (Å²) in [6.45, 7) is 0.357. The van der Waals surface area contributed by atoms with Gasteiger partial charge in [-0.15, -0.1) is 0 Å². The van der Waals surface area contributed by atoms with Crippen molar-refractivity contribution in [3.8, 4) is 11.5 Å². The molecule has 31 heavy (non-hydrogen) atoms. The van der Waals surface area contributed by atoms with Crippen LogP contribution in [0.2, 0.25) is 10.0 Å². The number of rotatable bonds is 7. The van der Waals surface area contributed by atoms with Gasteiger partial charge in [-0.1, -0.05) is 29.3 Å². The maximum Gasteiger partial charge on any atom is 0.295 e. The number of halogens is 2. The first-order valence-electron chi connectivity index (χ1n) is 9.28. The van der Waals surface area contributed by atoms with Gasteiger partial charge < -0.3 is 24.2 Å². The summed E-state index contributed by atoms with van der Waals surface area (Å²) < 4.78 is 15.6. The van der Waals surface area contributed by atoms with E-state index in [1.54, 1.807) is 30.3 Å². The van der Waals surface area contributed by atoms with E-state index in [1.807, 2.05) is 0 Å². The lowest BCUT2D eigenvalue weighted by molar-refractivity contribution is -0.140. The van der Waals surface area contributed by atoms with Crippen LogP contribution in [0.4, 0.5) is 0 Å². The van der Waals surface area contributed by atoms with Gasteiger partial charge in [0.15, 0.2) is 11.5 Å². The second-order valence-electron chi connectivity index (χ2n) is 6.73. The van der Waals surface area contributed by atoms with Crippen molar-refractivity contribution in [3.63, 3.8) is 0 Å². The molecule has 1 aliphatic heterocycles. The number of hydrogen-bond donors (Lipinski definition) is 1. The Balaban J connectivity index is 2.19. The summed E-state index contributed by atoms with van der Waals surface area (Å²) >= 11 is 12.2. The van der Waals surface area contributed by atoms with Gasteiger partial charge in [0.2, 0.25) is 0 Å². The van der Waals surface area contributed by atoms with Crippen molar-refractivity contribution in [2.75, 3.05) is 34.5 Å². The molecule has 1 heterocycles. The normalized spacial score (nSPS) is 17.8. The molecule has 1 aliphatic rings. The molecule has 3 rings (SSSR count). The van der Waals surface area contributed by atoms with Crippen molar-refractivity contribution in [1.29, 1.82) is 0 Å². The third kappa shape index (κ3) is 4.35. The van der Waals surface area contributed by atoms with Crippen molar-refractivity contribution >= 4 is 40.7 Å². The highest BCUT2D eigenvalue weighted by Crippen LogP contribution is 2.41. The Morgan fingerprint density at radius 2 is 1.71 bits per heavy atom. The zero-order chi connectivity index (χ0) is 22.7. The number of ether oxygens (including phenoxy) is 3. The Labute approximate surface area is 189 Å². The van der Waals surface area contributed by atoms with E-state index in [-0.39, 0.29) is 29.5 Å². The van der Waals surface area contributed by atoms with Gasteiger partial charge in [0.25, 0.3) is 11.7 Å². The van der Waals surface area contributed by atoms with Crippen LogP contribution >= 0.6 is 23.2 Å². The molecule has 2 aromatic rings. The fourth-order valence-corrected chi connectivity index (χ4v) is 3.77.